The van der Waals surface area contributed by atoms with Crippen LogP contribution in [0.4, 0.5) is 5.82 Å². The third kappa shape index (κ3) is 2.13. The fourth-order valence-corrected chi connectivity index (χ4v) is 2.35. The van der Waals surface area contributed by atoms with Crippen molar-refractivity contribution in [3.05, 3.63) is 41.2 Å². The van der Waals surface area contributed by atoms with Gasteiger partial charge in [-0.3, -0.25) is 4.79 Å². The van der Waals surface area contributed by atoms with Crippen LogP contribution in [0.2, 0.25) is 0 Å². The molecule has 0 atom stereocenters. The number of fused-ring (bicyclic) bond motifs is 1. The van der Waals surface area contributed by atoms with Crippen molar-refractivity contribution in [1.82, 2.24) is 14.9 Å². The molecule has 3 rings (SSSR count). The molecule has 1 aliphatic rings. The number of nitrogens with one attached hydrogen (secondary N) is 1. The summed E-state index contributed by atoms with van der Waals surface area (Å²) in [5.41, 5.74) is 0.658. The van der Waals surface area contributed by atoms with Crippen LogP contribution >= 0.6 is 0 Å². The summed E-state index contributed by atoms with van der Waals surface area (Å²) in [6, 6.07) is 5.31. The van der Waals surface area contributed by atoms with Crippen molar-refractivity contribution >= 4 is 23.1 Å². The molecule has 0 aromatic carbocycles. The van der Waals surface area contributed by atoms with Crippen LogP contribution in [0.3, 0.4) is 0 Å². The van der Waals surface area contributed by atoms with Gasteiger partial charge in [0, 0.05) is 44.6 Å². The molecule has 1 aliphatic heterocycles. The van der Waals surface area contributed by atoms with Crippen molar-refractivity contribution in [2.75, 3.05) is 31.1 Å². The first-order valence-corrected chi connectivity index (χ1v) is 6.40. The maximum Gasteiger partial charge on any atom is 0.191 e. The molecule has 5 heteroatoms. The molecule has 0 unspecified atom stereocenters. The lowest BCUT2D eigenvalue weighted by atomic mass is 10.2. The van der Waals surface area contributed by atoms with Gasteiger partial charge in [-0.25, -0.2) is 4.98 Å². The second-order valence-corrected chi connectivity index (χ2v) is 4.55. The number of rotatable bonds is 2. The first-order chi connectivity index (χ1) is 9.29. The first-order valence-electron chi connectivity index (χ1n) is 6.40. The standard InChI is InChI=1S/C14H16N4O/c1-2-17-8-5-12(19)11-3-4-13(16-14(11)17)18-9-6-15-7-10-18/h2-5,8,15H,1,6-7,9-10H2. The topological polar surface area (TPSA) is 50.2 Å². The SMILES string of the molecule is C=Cn1ccc(=O)c2ccc(N3CCNCC3)nc21. The number of pyridine rings is 2. The lowest BCUT2D eigenvalue weighted by Crippen LogP contribution is -2.43. The van der Waals surface area contributed by atoms with Crippen molar-refractivity contribution in [2.24, 2.45) is 0 Å². The Labute approximate surface area is 111 Å². The van der Waals surface area contributed by atoms with E-state index >= 15 is 0 Å². The molecule has 0 spiro atoms. The maximum atomic E-state index is 11.8. The van der Waals surface area contributed by atoms with Gasteiger partial charge in [-0.1, -0.05) is 6.58 Å². The molecule has 2 aromatic rings. The van der Waals surface area contributed by atoms with E-state index in [1.165, 1.54) is 6.07 Å². The Morgan fingerprint density at radius 2 is 2.05 bits per heavy atom. The molecule has 5 nitrogen and oxygen atoms in total. The average Bonchev–Trinajstić information content (AvgIpc) is 2.48. The van der Waals surface area contributed by atoms with Crippen molar-refractivity contribution in [2.45, 2.75) is 0 Å². The van der Waals surface area contributed by atoms with E-state index in [9.17, 15) is 4.79 Å². The molecule has 1 saturated heterocycles. The quantitative estimate of drug-likeness (QED) is 0.867. The molecule has 98 valence electrons. The van der Waals surface area contributed by atoms with Crippen LogP contribution in [0.25, 0.3) is 17.2 Å². The summed E-state index contributed by atoms with van der Waals surface area (Å²) < 4.78 is 1.78. The number of hydrogen-bond acceptors (Lipinski definition) is 4. The molecule has 0 aliphatic carbocycles. The fourth-order valence-electron chi connectivity index (χ4n) is 2.35. The van der Waals surface area contributed by atoms with Crippen LogP contribution in [-0.4, -0.2) is 35.7 Å². The highest BCUT2D eigenvalue weighted by molar-refractivity contribution is 5.78. The van der Waals surface area contributed by atoms with Crippen LogP contribution in [0.5, 0.6) is 0 Å². The number of anilines is 1. The predicted molar refractivity (Wildman–Crippen MR) is 77.5 cm³/mol. The van der Waals surface area contributed by atoms with E-state index in [-0.39, 0.29) is 5.43 Å². The maximum absolute atomic E-state index is 11.8. The summed E-state index contributed by atoms with van der Waals surface area (Å²) in [6.45, 7) is 7.54. The normalized spacial score (nSPS) is 15.7. The third-order valence-electron chi connectivity index (χ3n) is 3.39. The Morgan fingerprint density at radius 1 is 1.26 bits per heavy atom. The molecule has 0 radical (unpaired) electrons. The molecule has 0 bridgehead atoms. The largest absolute Gasteiger partial charge is 0.354 e. The Balaban J connectivity index is 2.13. The van der Waals surface area contributed by atoms with Gasteiger partial charge in [0.2, 0.25) is 0 Å². The van der Waals surface area contributed by atoms with Gasteiger partial charge in [0.15, 0.2) is 5.43 Å². The Kier molecular flexibility index (Phi) is 3.05. The zero-order valence-corrected chi connectivity index (χ0v) is 10.7. The van der Waals surface area contributed by atoms with Crippen molar-refractivity contribution in [3.8, 4) is 0 Å². The van der Waals surface area contributed by atoms with Crippen LogP contribution < -0.4 is 15.6 Å². The molecular formula is C14H16N4O. The number of piperazine rings is 1. The number of hydrogen-bond donors (Lipinski definition) is 1. The van der Waals surface area contributed by atoms with Gasteiger partial charge in [-0.15, -0.1) is 0 Å². The zero-order valence-electron chi connectivity index (χ0n) is 10.7. The van der Waals surface area contributed by atoms with Gasteiger partial charge < -0.3 is 14.8 Å². The molecule has 0 saturated carbocycles. The summed E-state index contributed by atoms with van der Waals surface area (Å²) in [5.74, 6) is 0.912. The summed E-state index contributed by atoms with van der Waals surface area (Å²) in [6.07, 6.45) is 3.36. The second kappa shape index (κ2) is 4.85. The molecule has 2 aromatic heterocycles. The lowest BCUT2D eigenvalue weighted by Gasteiger charge is -2.28. The molecule has 1 fully saturated rings. The van der Waals surface area contributed by atoms with E-state index in [0.717, 1.165) is 32.0 Å². The summed E-state index contributed by atoms with van der Waals surface area (Å²) in [4.78, 5) is 18.7. The first kappa shape index (κ1) is 11.9. The van der Waals surface area contributed by atoms with Crippen molar-refractivity contribution in [3.63, 3.8) is 0 Å². The molecule has 1 N–H and O–H groups in total. The number of nitrogens with zero attached hydrogens (tertiary/aromatic N) is 3. The van der Waals surface area contributed by atoms with Crippen LogP contribution in [0.15, 0.2) is 35.8 Å². The Morgan fingerprint density at radius 3 is 2.79 bits per heavy atom. The van der Waals surface area contributed by atoms with E-state index in [1.54, 1.807) is 17.0 Å². The van der Waals surface area contributed by atoms with Gasteiger partial charge >= 0.3 is 0 Å². The minimum Gasteiger partial charge on any atom is -0.354 e. The van der Waals surface area contributed by atoms with E-state index in [4.69, 9.17) is 0 Å². The molecule has 3 heterocycles. The van der Waals surface area contributed by atoms with Gasteiger partial charge in [-0.2, -0.15) is 0 Å². The van der Waals surface area contributed by atoms with Crippen LogP contribution in [0, 0.1) is 0 Å². The van der Waals surface area contributed by atoms with Gasteiger partial charge in [0.05, 0.1) is 5.39 Å². The van der Waals surface area contributed by atoms with Crippen LogP contribution in [-0.2, 0) is 0 Å². The summed E-state index contributed by atoms with van der Waals surface area (Å²) in [7, 11) is 0. The minimum absolute atomic E-state index is 0.00698. The Bertz CT molecular complexity index is 671. The molecule has 19 heavy (non-hydrogen) atoms. The predicted octanol–water partition coefficient (Wildman–Crippen LogP) is 0.907. The van der Waals surface area contributed by atoms with Gasteiger partial charge in [0.25, 0.3) is 0 Å². The monoisotopic (exact) mass is 256 g/mol. The van der Waals surface area contributed by atoms with Crippen molar-refractivity contribution < 1.29 is 0 Å². The number of aromatic nitrogens is 2. The van der Waals surface area contributed by atoms with Gasteiger partial charge in [-0.05, 0) is 12.1 Å². The Hall–Kier alpha value is -2.14. The highest BCUT2D eigenvalue weighted by Gasteiger charge is 2.13. The molecular weight excluding hydrogens is 240 g/mol. The second-order valence-electron chi connectivity index (χ2n) is 4.55. The fraction of sp³-hybridized carbons (Fsp3) is 0.286. The van der Waals surface area contributed by atoms with Crippen molar-refractivity contribution in [1.29, 1.82) is 0 Å². The minimum atomic E-state index is -0.00698. The van der Waals surface area contributed by atoms with E-state index < -0.39 is 0 Å². The van der Waals surface area contributed by atoms with E-state index in [0.29, 0.717) is 11.0 Å². The smallest absolute Gasteiger partial charge is 0.191 e. The third-order valence-corrected chi connectivity index (χ3v) is 3.39. The highest BCUT2D eigenvalue weighted by atomic mass is 16.1. The van der Waals surface area contributed by atoms with E-state index in [2.05, 4.69) is 21.8 Å². The highest BCUT2D eigenvalue weighted by Crippen LogP contribution is 2.16. The summed E-state index contributed by atoms with van der Waals surface area (Å²) in [5, 5.41) is 3.94. The lowest BCUT2D eigenvalue weighted by molar-refractivity contribution is 0.585. The average molecular weight is 256 g/mol. The van der Waals surface area contributed by atoms with Crippen LogP contribution in [0.1, 0.15) is 0 Å². The molecule has 0 amide bonds. The van der Waals surface area contributed by atoms with Gasteiger partial charge in [0.1, 0.15) is 11.5 Å². The summed E-state index contributed by atoms with van der Waals surface area (Å²) >= 11 is 0. The van der Waals surface area contributed by atoms with E-state index in [1.807, 2.05) is 12.1 Å². The zero-order chi connectivity index (χ0) is 13.2.